The first kappa shape index (κ1) is 25.4. The maximum absolute atomic E-state index is 13.8. The van der Waals surface area contributed by atoms with Crippen molar-refractivity contribution in [2.75, 3.05) is 5.73 Å². The average molecular weight is 537 g/mol. The van der Waals surface area contributed by atoms with E-state index in [-0.39, 0.29) is 5.91 Å². The molecule has 0 atom stereocenters. The van der Waals surface area contributed by atoms with Crippen LogP contribution in [0, 0.1) is 0 Å². The molecule has 4 nitrogen and oxygen atoms in total. The number of pyridine rings is 1. The molecule has 0 radical (unpaired) electrons. The predicted octanol–water partition coefficient (Wildman–Crippen LogP) is 5.43. The number of amides is 1. The number of halogens is 1. The molecule has 0 fully saturated rings. The normalized spacial score (nSPS) is 12.8. The molecular weight excluding hydrogens is 509 g/mol. The molecule has 0 bridgehead atoms. The van der Waals surface area contributed by atoms with Gasteiger partial charge >= 0.3 is 228 Å². The van der Waals surface area contributed by atoms with E-state index in [1.165, 1.54) is 0 Å². The molecule has 0 saturated carbocycles. The van der Waals surface area contributed by atoms with E-state index in [1.807, 2.05) is 140 Å². The molecule has 4 aromatic carbocycles. The van der Waals surface area contributed by atoms with Crippen molar-refractivity contribution in [3.63, 3.8) is 0 Å². The van der Waals surface area contributed by atoms with Crippen LogP contribution < -0.4 is 31.5 Å². The molecule has 0 saturated heterocycles. The van der Waals surface area contributed by atoms with E-state index in [4.69, 9.17) is 17.0 Å². The molecule has 0 unspecified atom stereocenters. The zero-order valence-electron chi connectivity index (χ0n) is 20.7. The number of nitrogens with zero attached hydrogens (tertiary/aromatic N) is 1. The van der Waals surface area contributed by atoms with Crippen LogP contribution in [-0.4, -0.2) is 5.91 Å². The predicted molar refractivity (Wildman–Crippen MR) is 160 cm³/mol. The van der Waals surface area contributed by atoms with Gasteiger partial charge in [-0.3, -0.25) is 0 Å². The number of carbonyl (C=O) groups is 1. The Morgan fingerprint density at radius 1 is 0.658 bits per heavy atom. The molecule has 1 heterocycles. The van der Waals surface area contributed by atoms with Crippen LogP contribution in [-0.2, 0) is 0 Å². The van der Waals surface area contributed by atoms with Crippen molar-refractivity contribution in [1.29, 1.82) is 0 Å². The average Bonchev–Trinajstić information content (AvgIpc) is 2.99. The van der Waals surface area contributed by atoms with Gasteiger partial charge in [-0.15, -0.1) is 0 Å². The molecule has 1 aromatic heterocycles. The summed E-state index contributed by atoms with van der Waals surface area (Å²) in [6.45, 7) is 0. The van der Waals surface area contributed by atoms with Crippen molar-refractivity contribution in [3.05, 3.63) is 157 Å². The zero-order chi connectivity index (χ0) is 26.5. The second-order valence-corrected chi connectivity index (χ2v) is 15.0. The number of nitrogens with one attached hydrogen (secondary N) is 1. The van der Waals surface area contributed by atoms with Gasteiger partial charge in [0.1, 0.15) is 0 Å². The Kier molecular flexibility index (Phi) is 7.11. The number of hydrogen-bond acceptors (Lipinski definition) is 2. The number of nitrogens with two attached hydrogens (primary N) is 1. The first-order valence-corrected chi connectivity index (χ1v) is 15.4. The van der Waals surface area contributed by atoms with Gasteiger partial charge in [0.05, 0.1) is 0 Å². The SMILES string of the molecule is Nc1cccc[n+]1/C=C(\NC(=O)c1ccccc1)P(Cl)(c1ccccc1)(c1ccccc1)c1ccccc1. The zero-order valence-corrected chi connectivity index (χ0v) is 22.3. The molecule has 3 N–H and O–H groups in total. The van der Waals surface area contributed by atoms with Crippen LogP contribution in [0.3, 0.4) is 0 Å². The van der Waals surface area contributed by atoms with Gasteiger partial charge in [0, 0.05) is 0 Å². The summed E-state index contributed by atoms with van der Waals surface area (Å²) in [6, 6.07) is 44.7. The fourth-order valence-electron chi connectivity index (χ4n) is 4.73. The van der Waals surface area contributed by atoms with E-state index in [0.717, 1.165) is 15.9 Å². The Labute approximate surface area is 227 Å². The van der Waals surface area contributed by atoms with Crippen LogP contribution in [0.25, 0.3) is 6.20 Å². The van der Waals surface area contributed by atoms with Gasteiger partial charge in [-0.1, -0.05) is 0 Å². The van der Waals surface area contributed by atoms with Gasteiger partial charge in [-0.2, -0.15) is 0 Å². The maximum atomic E-state index is 13.8. The summed E-state index contributed by atoms with van der Waals surface area (Å²) >= 11 is 8.37. The molecule has 0 aliphatic carbocycles. The number of hydrogen-bond donors (Lipinski definition) is 2. The second-order valence-electron chi connectivity index (χ2n) is 8.88. The van der Waals surface area contributed by atoms with Crippen LogP contribution in [0.2, 0.25) is 0 Å². The Bertz CT molecular complexity index is 1480. The Morgan fingerprint density at radius 2 is 1.08 bits per heavy atom. The van der Waals surface area contributed by atoms with Gasteiger partial charge in [0.25, 0.3) is 0 Å². The molecule has 0 aliphatic rings. The van der Waals surface area contributed by atoms with Crippen molar-refractivity contribution in [2.45, 2.75) is 0 Å². The summed E-state index contributed by atoms with van der Waals surface area (Å²) in [6.07, 6.45) is 3.71. The topological polar surface area (TPSA) is 59.0 Å². The van der Waals surface area contributed by atoms with E-state index >= 15 is 0 Å². The van der Waals surface area contributed by atoms with Crippen molar-refractivity contribution in [1.82, 2.24) is 5.32 Å². The molecule has 1 amide bonds. The summed E-state index contributed by atoms with van der Waals surface area (Å²) in [4.78, 5) is 13.8. The molecule has 0 spiro atoms. The van der Waals surface area contributed by atoms with Crippen molar-refractivity contribution in [3.8, 4) is 0 Å². The minimum absolute atomic E-state index is 0.260. The fraction of sp³-hybridized carbons (Fsp3) is 0. The van der Waals surface area contributed by atoms with Crippen molar-refractivity contribution < 1.29 is 9.36 Å². The van der Waals surface area contributed by atoms with E-state index in [0.29, 0.717) is 16.8 Å². The second kappa shape index (κ2) is 10.6. The van der Waals surface area contributed by atoms with Crippen molar-refractivity contribution in [2.24, 2.45) is 0 Å². The van der Waals surface area contributed by atoms with Crippen LogP contribution in [0.5, 0.6) is 0 Å². The van der Waals surface area contributed by atoms with Gasteiger partial charge in [0.15, 0.2) is 0 Å². The summed E-state index contributed by atoms with van der Waals surface area (Å²) < 4.78 is 1.79. The first-order valence-electron chi connectivity index (χ1n) is 12.3. The molecular formula is C32H28ClN3OP+. The third-order valence-corrected chi connectivity index (χ3v) is 13.9. The van der Waals surface area contributed by atoms with E-state index < -0.39 is 5.96 Å². The van der Waals surface area contributed by atoms with Gasteiger partial charge in [-0.05, 0) is 0 Å². The van der Waals surface area contributed by atoms with Crippen LogP contribution in [0.4, 0.5) is 5.82 Å². The molecule has 188 valence electrons. The quantitative estimate of drug-likeness (QED) is 0.215. The van der Waals surface area contributed by atoms with Gasteiger partial charge in [0.2, 0.25) is 0 Å². The van der Waals surface area contributed by atoms with E-state index in [2.05, 4.69) is 5.32 Å². The van der Waals surface area contributed by atoms with E-state index in [9.17, 15) is 4.79 Å². The van der Waals surface area contributed by atoms with Gasteiger partial charge in [-0.25, -0.2) is 0 Å². The van der Waals surface area contributed by atoms with Crippen LogP contribution >= 0.6 is 17.2 Å². The number of aromatic nitrogens is 1. The van der Waals surface area contributed by atoms with Crippen LogP contribution in [0.15, 0.2) is 151 Å². The molecule has 5 aromatic rings. The third-order valence-electron chi connectivity index (χ3n) is 6.64. The fourth-order valence-corrected chi connectivity index (χ4v) is 10.6. The van der Waals surface area contributed by atoms with Gasteiger partial charge < -0.3 is 0 Å². The molecule has 0 aliphatic heterocycles. The monoisotopic (exact) mass is 536 g/mol. The molecule has 6 heteroatoms. The number of nitrogen functional groups attached to an aromatic ring is 1. The first-order chi connectivity index (χ1) is 18.5. The standard InChI is InChI=1S/C32H27ClN3OP/c33-38(27-17-7-2-8-18-27,28-19-9-3-10-20-28,29-21-11-4-12-22-29)31(25-36-24-14-13-23-30(36)34)35-32(37)26-15-5-1-6-16-26/h1-25,34H,(H,35,37)/p+1/b31-25+. The summed E-state index contributed by atoms with van der Waals surface area (Å²) in [5.74, 6) is -3.81. The third kappa shape index (κ3) is 4.39. The summed E-state index contributed by atoms with van der Waals surface area (Å²) in [7, 11) is 0. The van der Waals surface area contributed by atoms with Crippen molar-refractivity contribution >= 4 is 51.0 Å². The summed E-state index contributed by atoms with van der Waals surface area (Å²) in [5, 5.41) is 5.94. The Morgan fingerprint density at radius 3 is 1.53 bits per heavy atom. The molecule has 5 rings (SSSR count). The number of carbonyl (C=O) groups excluding carboxylic acids is 1. The Balaban J connectivity index is 1.91. The minimum atomic E-state index is -4.06. The summed E-state index contributed by atoms with van der Waals surface area (Å²) in [5.41, 5.74) is 7.47. The number of rotatable bonds is 7. The van der Waals surface area contributed by atoms with E-state index in [1.54, 1.807) is 16.7 Å². The Hall–Kier alpha value is -4.24. The number of anilines is 1. The molecule has 38 heavy (non-hydrogen) atoms. The number of benzene rings is 4. The van der Waals surface area contributed by atoms with Crippen LogP contribution in [0.1, 0.15) is 10.4 Å².